The van der Waals surface area contributed by atoms with E-state index in [0.717, 1.165) is 65.3 Å². The Kier molecular flexibility index (Phi) is 3.82. The Balaban J connectivity index is 1.80. The number of hydrogen-bond donors (Lipinski definition) is 1. The fourth-order valence-corrected chi connectivity index (χ4v) is 4.04. The molecule has 1 fully saturated rings. The third kappa shape index (κ3) is 2.72. The van der Waals surface area contributed by atoms with Crippen LogP contribution in [-0.2, 0) is 5.60 Å². The lowest BCUT2D eigenvalue weighted by atomic mass is 9.98. The number of para-hydroxylation sites is 2. The molecule has 1 aliphatic rings. The summed E-state index contributed by atoms with van der Waals surface area (Å²) in [5, 5.41) is 11.8. The quantitative estimate of drug-likeness (QED) is 0.584. The van der Waals surface area contributed by atoms with Crippen molar-refractivity contribution in [3.8, 4) is 0 Å². The van der Waals surface area contributed by atoms with Gasteiger partial charge in [0.1, 0.15) is 17.1 Å². The minimum absolute atomic E-state index is 0.768. The zero-order chi connectivity index (χ0) is 19.5. The number of nitrogens with zero attached hydrogens (tertiary/aromatic N) is 5. The zero-order valence-electron chi connectivity index (χ0n) is 16.6. The molecule has 4 heterocycles. The molecule has 6 nitrogen and oxygen atoms in total. The van der Waals surface area contributed by atoms with Crippen LogP contribution in [0.2, 0.25) is 0 Å². The van der Waals surface area contributed by atoms with Gasteiger partial charge in [-0.25, -0.2) is 9.97 Å². The molecule has 6 heteroatoms. The second kappa shape index (κ2) is 6.15. The summed E-state index contributed by atoms with van der Waals surface area (Å²) in [5.41, 5.74) is 3.39. The van der Waals surface area contributed by atoms with E-state index in [2.05, 4.69) is 39.4 Å². The van der Waals surface area contributed by atoms with Gasteiger partial charge in [-0.3, -0.25) is 4.40 Å². The average Bonchev–Trinajstić information content (AvgIpc) is 3.06. The molecule has 5 rings (SSSR count). The molecule has 0 spiro atoms. The summed E-state index contributed by atoms with van der Waals surface area (Å²) in [5.74, 6) is 0.996. The standard InChI is InChI=1S/C22H25N5O/c1-22(2,28)16-14-15-8-9-19(26-12-10-25(3)11-13-26)24-20(15)27-18-7-5-4-6-17(18)23-21(16)27/h4-9,14,28H,10-13H2,1-3H3. The number of fused-ring (bicyclic) bond motifs is 5. The third-order valence-electron chi connectivity index (χ3n) is 5.69. The van der Waals surface area contributed by atoms with Crippen LogP contribution in [0.25, 0.3) is 27.7 Å². The van der Waals surface area contributed by atoms with Crippen LogP contribution >= 0.6 is 0 Å². The number of likely N-dealkylation sites (N-methyl/N-ethyl adjacent to an activating group) is 1. The van der Waals surface area contributed by atoms with Gasteiger partial charge < -0.3 is 14.9 Å². The van der Waals surface area contributed by atoms with Crippen molar-refractivity contribution in [2.45, 2.75) is 19.4 Å². The number of hydrogen-bond acceptors (Lipinski definition) is 5. The van der Waals surface area contributed by atoms with Crippen molar-refractivity contribution >= 4 is 33.5 Å². The molecule has 3 aromatic heterocycles. The van der Waals surface area contributed by atoms with Crippen molar-refractivity contribution in [2.75, 3.05) is 38.1 Å². The fourth-order valence-electron chi connectivity index (χ4n) is 4.04. The second-order valence-electron chi connectivity index (χ2n) is 8.25. The molecule has 0 aliphatic carbocycles. The van der Waals surface area contributed by atoms with E-state index in [-0.39, 0.29) is 0 Å². The van der Waals surface area contributed by atoms with Gasteiger partial charge in [0.05, 0.1) is 16.6 Å². The van der Waals surface area contributed by atoms with Crippen molar-refractivity contribution in [2.24, 2.45) is 0 Å². The van der Waals surface area contributed by atoms with Crippen LogP contribution in [0.1, 0.15) is 19.4 Å². The maximum absolute atomic E-state index is 10.8. The molecule has 0 unspecified atom stereocenters. The van der Waals surface area contributed by atoms with Crippen LogP contribution in [0.3, 0.4) is 0 Å². The molecule has 1 saturated heterocycles. The van der Waals surface area contributed by atoms with E-state index in [1.54, 1.807) is 13.8 Å². The first kappa shape index (κ1) is 17.4. The molecule has 0 radical (unpaired) electrons. The Bertz CT molecular complexity index is 1180. The normalized spacial score (nSPS) is 16.5. The van der Waals surface area contributed by atoms with E-state index in [1.165, 1.54) is 0 Å². The molecule has 0 bridgehead atoms. The molecule has 1 N–H and O–H groups in total. The molecule has 1 aromatic carbocycles. The van der Waals surface area contributed by atoms with Crippen molar-refractivity contribution in [3.63, 3.8) is 0 Å². The van der Waals surface area contributed by atoms with Gasteiger partial charge in [-0.2, -0.15) is 0 Å². The van der Waals surface area contributed by atoms with Gasteiger partial charge in [-0.15, -0.1) is 0 Å². The highest BCUT2D eigenvalue weighted by atomic mass is 16.3. The lowest BCUT2D eigenvalue weighted by Gasteiger charge is -2.33. The van der Waals surface area contributed by atoms with E-state index < -0.39 is 5.60 Å². The maximum Gasteiger partial charge on any atom is 0.148 e. The van der Waals surface area contributed by atoms with Gasteiger partial charge >= 0.3 is 0 Å². The molecule has 0 amide bonds. The third-order valence-corrected chi connectivity index (χ3v) is 5.69. The van der Waals surface area contributed by atoms with Gasteiger partial charge in [0.25, 0.3) is 0 Å². The van der Waals surface area contributed by atoms with Crippen LogP contribution < -0.4 is 4.90 Å². The van der Waals surface area contributed by atoms with Gasteiger partial charge in [0.2, 0.25) is 0 Å². The lowest BCUT2D eigenvalue weighted by Crippen LogP contribution is -2.44. The van der Waals surface area contributed by atoms with Crippen LogP contribution in [0.5, 0.6) is 0 Å². The maximum atomic E-state index is 10.8. The average molecular weight is 375 g/mol. The number of aliphatic hydroxyl groups is 1. The Morgan fingerprint density at radius 3 is 2.43 bits per heavy atom. The largest absolute Gasteiger partial charge is 0.386 e. The summed E-state index contributed by atoms with van der Waals surface area (Å²) in [6, 6.07) is 14.3. The second-order valence-corrected chi connectivity index (χ2v) is 8.25. The molecule has 4 aromatic rings. The van der Waals surface area contributed by atoms with Crippen molar-refractivity contribution in [1.29, 1.82) is 0 Å². The highest BCUT2D eigenvalue weighted by Crippen LogP contribution is 2.32. The van der Waals surface area contributed by atoms with Crippen LogP contribution in [0.15, 0.2) is 42.5 Å². The summed E-state index contributed by atoms with van der Waals surface area (Å²) >= 11 is 0. The molecule has 1 aliphatic heterocycles. The summed E-state index contributed by atoms with van der Waals surface area (Å²) in [6.07, 6.45) is 0. The Morgan fingerprint density at radius 1 is 0.929 bits per heavy atom. The Hall–Kier alpha value is -2.70. The minimum Gasteiger partial charge on any atom is -0.386 e. The molecular formula is C22H25N5O. The van der Waals surface area contributed by atoms with Gasteiger partial charge in [-0.1, -0.05) is 12.1 Å². The van der Waals surface area contributed by atoms with Gasteiger partial charge in [0, 0.05) is 37.1 Å². The molecular weight excluding hydrogens is 350 g/mol. The van der Waals surface area contributed by atoms with Gasteiger partial charge in [-0.05, 0) is 51.2 Å². The Labute approximate surface area is 164 Å². The van der Waals surface area contributed by atoms with E-state index in [4.69, 9.17) is 9.97 Å². The summed E-state index contributed by atoms with van der Waals surface area (Å²) in [6.45, 7) is 7.65. The summed E-state index contributed by atoms with van der Waals surface area (Å²) < 4.78 is 2.09. The topological polar surface area (TPSA) is 56.9 Å². The summed E-state index contributed by atoms with van der Waals surface area (Å²) in [7, 11) is 2.16. The molecule has 0 saturated carbocycles. The highest BCUT2D eigenvalue weighted by molar-refractivity contribution is 5.91. The Morgan fingerprint density at radius 2 is 1.68 bits per heavy atom. The van der Waals surface area contributed by atoms with Crippen molar-refractivity contribution in [1.82, 2.24) is 19.3 Å². The molecule has 144 valence electrons. The van der Waals surface area contributed by atoms with Crippen molar-refractivity contribution in [3.05, 3.63) is 48.0 Å². The van der Waals surface area contributed by atoms with Crippen LogP contribution in [0, 0.1) is 0 Å². The van der Waals surface area contributed by atoms with E-state index in [0.29, 0.717) is 0 Å². The monoisotopic (exact) mass is 375 g/mol. The highest BCUT2D eigenvalue weighted by Gasteiger charge is 2.24. The van der Waals surface area contributed by atoms with E-state index >= 15 is 0 Å². The number of rotatable bonds is 2. The van der Waals surface area contributed by atoms with E-state index in [1.807, 2.05) is 24.3 Å². The number of aromatic nitrogens is 3. The van der Waals surface area contributed by atoms with Gasteiger partial charge in [0.15, 0.2) is 0 Å². The smallest absolute Gasteiger partial charge is 0.148 e. The fraction of sp³-hybridized carbons (Fsp3) is 0.364. The molecule has 28 heavy (non-hydrogen) atoms. The lowest BCUT2D eigenvalue weighted by molar-refractivity contribution is 0.0798. The first-order valence-electron chi connectivity index (χ1n) is 9.79. The molecule has 0 atom stereocenters. The number of imidazole rings is 1. The number of piperazine rings is 1. The van der Waals surface area contributed by atoms with Crippen LogP contribution in [0.4, 0.5) is 5.82 Å². The first-order chi connectivity index (χ1) is 13.4. The number of pyridine rings is 2. The summed E-state index contributed by atoms with van der Waals surface area (Å²) in [4.78, 5) is 14.6. The first-order valence-corrected chi connectivity index (χ1v) is 9.79. The number of benzene rings is 1. The predicted molar refractivity (Wildman–Crippen MR) is 113 cm³/mol. The SMILES string of the molecule is CN1CCN(c2ccc3cc(C(C)(C)O)c4nc5ccccc5n4c3n2)CC1. The van der Waals surface area contributed by atoms with Crippen LogP contribution in [-0.4, -0.2) is 57.6 Å². The number of anilines is 1. The zero-order valence-corrected chi connectivity index (χ0v) is 16.6. The minimum atomic E-state index is -0.993. The van der Waals surface area contributed by atoms with E-state index in [9.17, 15) is 5.11 Å². The predicted octanol–water partition coefficient (Wildman–Crippen LogP) is 3.01. The van der Waals surface area contributed by atoms with Crippen molar-refractivity contribution < 1.29 is 5.11 Å².